The van der Waals surface area contributed by atoms with Gasteiger partial charge < -0.3 is 15.0 Å². The number of carbonyl (C=O) groups excluding carboxylic acids is 2. The lowest BCUT2D eigenvalue weighted by atomic mass is 10.1. The van der Waals surface area contributed by atoms with Gasteiger partial charge in [0.05, 0.1) is 13.3 Å². The molecule has 0 saturated heterocycles. The van der Waals surface area contributed by atoms with Gasteiger partial charge in [-0.2, -0.15) is 5.10 Å². The van der Waals surface area contributed by atoms with Crippen molar-refractivity contribution in [2.75, 3.05) is 25.1 Å². The average Bonchev–Trinajstić information content (AvgIpc) is 2.90. The standard InChI is InChI=1S/C28H30N4O3/c1-4-32(5-2)24-15-11-21(12-16-24)19-26(30-27(33)23-9-7-6-8-10-23)28(34)31-29-20-22-13-17-25(35-3)18-14-22/h6-20H,4-5H2,1-3H3,(H,30,33)(H,31,34)/b26-19+,29-20+. The van der Waals surface area contributed by atoms with Crippen LogP contribution >= 0.6 is 0 Å². The molecule has 0 saturated carbocycles. The third kappa shape index (κ3) is 7.30. The number of hydrogen-bond donors (Lipinski definition) is 2. The molecule has 7 heteroatoms. The second kappa shape index (κ2) is 12.7. The number of carbonyl (C=O) groups is 2. The van der Waals surface area contributed by atoms with E-state index in [4.69, 9.17) is 4.74 Å². The summed E-state index contributed by atoms with van der Waals surface area (Å²) >= 11 is 0. The van der Waals surface area contributed by atoms with Gasteiger partial charge in [0.25, 0.3) is 11.8 Å². The highest BCUT2D eigenvalue weighted by Crippen LogP contribution is 2.17. The minimum absolute atomic E-state index is 0.0846. The smallest absolute Gasteiger partial charge is 0.287 e. The zero-order chi connectivity index (χ0) is 25.0. The number of hydrazone groups is 1. The predicted octanol–water partition coefficient (Wildman–Crippen LogP) is 4.46. The molecule has 0 heterocycles. The summed E-state index contributed by atoms with van der Waals surface area (Å²) in [5, 5.41) is 6.75. The number of benzene rings is 3. The second-order valence-corrected chi connectivity index (χ2v) is 7.61. The van der Waals surface area contributed by atoms with Gasteiger partial charge in [0, 0.05) is 24.3 Å². The maximum Gasteiger partial charge on any atom is 0.287 e. The predicted molar refractivity (Wildman–Crippen MR) is 141 cm³/mol. The number of ether oxygens (including phenoxy) is 1. The van der Waals surface area contributed by atoms with Crippen molar-refractivity contribution in [3.05, 3.63) is 101 Å². The first-order chi connectivity index (χ1) is 17.0. The molecular weight excluding hydrogens is 440 g/mol. The number of nitrogens with one attached hydrogen (secondary N) is 2. The topological polar surface area (TPSA) is 83.0 Å². The summed E-state index contributed by atoms with van der Waals surface area (Å²) in [6.07, 6.45) is 3.15. The summed E-state index contributed by atoms with van der Waals surface area (Å²) in [5.74, 6) is -0.190. The molecule has 35 heavy (non-hydrogen) atoms. The van der Waals surface area contributed by atoms with Crippen LogP contribution in [0.15, 0.2) is 89.7 Å². The fourth-order valence-electron chi connectivity index (χ4n) is 3.39. The van der Waals surface area contributed by atoms with Crippen molar-refractivity contribution in [3.63, 3.8) is 0 Å². The summed E-state index contributed by atoms with van der Waals surface area (Å²) in [7, 11) is 1.60. The zero-order valence-corrected chi connectivity index (χ0v) is 20.2. The Balaban J connectivity index is 1.80. The van der Waals surface area contributed by atoms with Gasteiger partial charge in [0.15, 0.2) is 0 Å². The number of nitrogens with zero attached hydrogens (tertiary/aromatic N) is 2. The van der Waals surface area contributed by atoms with Crippen molar-refractivity contribution in [3.8, 4) is 5.75 Å². The third-order valence-electron chi connectivity index (χ3n) is 5.36. The van der Waals surface area contributed by atoms with Gasteiger partial charge in [-0.05, 0) is 79.6 Å². The molecule has 3 rings (SSSR count). The lowest BCUT2D eigenvalue weighted by Gasteiger charge is -2.20. The summed E-state index contributed by atoms with van der Waals surface area (Å²) in [5.41, 5.74) is 5.68. The van der Waals surface area contributed by atoms with Crippen LogP contribution in [0.4, 0.5) is 5.69 Å². The van der Waals surface area contributed by atoms with Gasteiger partial charge in [-0.25, -0.2) is 5.43 Å². The van der Waals surface area contributed by atoms with E-state index < -0.39 is 5.91 Å². The Bertz CT molecular complexity index is 1170. The van der Waals surface area contributed by atoms with Crippen molar-refractivity contribution in [1.82, 2.24) is 10.7 Å². The molecule has 2 amide bonds. The molecule has 0 unspecified atom stereocenters. The molecule has 0 atom stereocenters. The normalized spacial score (nSPS) is 11.2. The molecule has 0 aliphatic carbocycles. The monoisotopic (exact) mass is 470 g/mol. The molecular formula is C28H30N4O3. The van der Waals surface area contributed by atoms with E-state index >= 15 is 0 Å². The van der Waals surface area contributed by atoms with E-state index in [9.17, 15) is 9.59 Å². The van der Waals surface area contributed by atoms with E-state index in [0.29, 0.717) is 5.56 Å². The Morgan fingerprint density at radius 2 is 1.51 bits per heavy atom. The fraction of sp³-hybridized carbons (Fsp3) is 0.179. The molecule has 3 aromatic carbocycles. The first-order valence-corrected chi connectivity index (χ1v) is 11.4. The van der Waals surface area contributed by atoms with Crippen LogP contribution in [0.25, 0.3) is 6.08 Å². The summed E-state index contributed by atoms with van der Waals surface area (Å²) < 4.78 is 5.14. The number of amides is 2. The largest absolute Gasteiger partial charge is 0.497 e. The van der Waals surface area contributed by atoms with E-state index in [1.807, 2.05) is 42.5 Å². The minimum Gasteiger partial charge on any atom is -0.497 e. The van der Waals surface area contributed by atoms with Crippen LogP contribution in [0.2, 0.25) is 0 Å². The maximum absolute atomic E-state index is 12.9. The molecule has 3 aromatic rings. The zero-order valence-electron chi connectivity index (χ0n) is 20.2. The Morgan fingerprint density at radius 3 is 2.11 bits per heavy atom. The molecule has 0 spiro atoms. The molecule has 0 radical (unpaired) electrons. The van der Waals surface area contributed by atoms with E-state index in [1.54, 1.807) is 49.6 Å². The Kier molecular flexibility index (Phi) is 9.19. The van der Waals surface area contributed by atoms with Gasteiger partial charge in [-0.3, -0.25) is 9.59 Å². The number of rotatable bonds is 10. The minimum atomic E-state index is -0.535. The third-order valence-corrected chi connectivity index (χ3v) is 5.36. The van der Waals surface area contributed by atoms with Crippen molar-refractivity contribution in [2.24, 2.45) is 5.10 Å². The lowest BCUT2D eigenvalue weighted by Crippen LogP contribution is -2.32. The van der Waals surface area contributed by atoms with E-state index in [0.717, 1.165) is 35.7 Å². The van der Waals surface area contributed by atoms with Crippen LogP contribution in [0.1, 0.15) is 35.3 Å². The van der Waals surface area contributed by atoms with Crippen molar-refractivity contribution >= 4 is 29.8 Å². The van der Waals surface area contributed by atoms with Gasteiger partial charge in [-0.1, -0.05) is 30.3 Å². The Morgan fingerprint density at radius 1 is 0.886 bits per heavy atom. The van der Waals surface area contributed by atoms with E-state index in [-0.39, 0.29) is 11.6 Å². The van der Waals surface area contributed by atoms with Crippen LogP contribution in [0, 0.1) is 0 Å². The number of methoxy groups -OCH3 is 1. The fourth-order valence-corrected chi connectivity index (χ4v) is 3.39. The first-order valence-electron chi connectivity index (χ1n) is 11.4. The summed E-state index contributed by atoms with van der Waals surface area (Å²) in [4.78, 5) is 27.9. The number of anilines is 1. The van der Waals surface area contributed by atoms with Crippen LogP contribution in [-0.4, -0.2) is 38.2 Å². The van der Waals surface area contributed by atoms with E-state index in [2.05, 4.69) is 34.6 Å². The molecule has 7 nitrogen and oxygen atoms in total. The van der Waals surface area contributed by atoms with Crippen LogP contribution < -0.4 is 20.4 Å². The molecule has 2 N–H and O–H groups in total. The SMILES string of the molecule is CCN(CC)c1ccc(/C=C(/NC(=O)c2ccccc2)C(=O)N/N=C/c2ccc(OC)cc2)cc1. The van der Waals surface area contributed by atoms with Gasteiger partial charge in [-0.15, -0.1) is 0 Å². The molecule has 0 aromatic heterocycles. The van der Waals surface area contributed by atoms with E-state index in [1.165, 1.54) is 6.21 Å². The van der Waals surface area contributed by atoms with Crippen molar-refractivity contribution in [1.29, 1.82) is 0 Å². The summed E-state index contributed by atoms with van der Waals surface area (Å²) in [6.45, 7) is 6.01. The van der Waals surface area contributed by atoms with Gasteiger partial charge in [0.2, 0.25) is 0 Å². The molecule has 0 bridgehead atoms. The quantitative estimate of drug-likeness (QED) is 0.260. The second-order valence-electron chi connectivity index (χ2n) is 7.61. The highest BCUT2D eigenvalue weighted by molar-refractivity contribution is 6.05. The maximum atomic E-state index is 12.9. The first kappa shape index (κ1) is 25.2. The molecule has 0 aliphatic heterocycles. The molecule has 0 fully saturated rings. The van der Waals surface area contributed by atoms with Crippen molar-refractivity contribution in [2.45, 2.75) is 13.8 Å². The molecule has 0 aliphatic rings. The van der Waals surface area contributed by atoms with Crippen molar-refractivity contribution < 1.29 is 14.3 Å². The van der Waals surface area contributed by atoms with Crippen LogP contribution in [-0.2, 0) is 4.79 Å². The highest BCUT2D eigenvalue weighted by Gasteiger charge is 2.14. The van der Waals surface area contributed by atoms with Gasteiger partial charge in [0.1, 0.15) is 11.4 Å². The average molecular weight is 471 g/mol. The Labute approximate surface area is 206 Å². The van der Waals surface area contributed by atoms with Gasteiger partial charge >= 0.3 is 0 Å². The van der Waals surface area contributed by atoms with Crippen LogP contribution in [0.3, 0.4) is 0 Å². The highest BCUT2D eigenvalue weighted by atomic mass is 16.5. The van der Waals surface area contributed by atoms with Crippen LogP contribution in [0.5, 0.6) is 5.75 Å². The molecule has 180 valence electrons. The number of hydrogen-bond acceptors (Lipinski definition) is 5. The lowest BCUT2D eigenvalue weighted by molar-refractivity contribution is -0.117. The summed E-state index contributed by atoms with van der Waals surface area (Å²) in [6, 6.07) is 23.8. The Hall–Kier alpha value is -4.39.